The molecule has 1 aromatic carbocycles. The maximum absolute atomic E-state index is 12.3. The van der Waals surface area contributed by atoms with Crippen LogP contribution in [0, 0.1) is 0 Å². The van der Waals surface area contributed by atoms with Gasteiger partial charge in [-0.1, -0.05) is 20.3 Å². The number of benzene rings is 1. The van der Waals surface area contributed by atoms with E-state index in [1.54, 1.807) is 12.1 Å². The van der Waals surface area contributed by atoms with Crippen LogP contribution in [0.4, 0.5) is 5.69 Å². The first-order chi connectivity index (χ1) is 11.6. The summed E-state index contributed by atoms with van der Waals surface area (Å²) in [6.45, 7) is 5.98. The Morgan fingerprint density at radius 3 is 2.54 bits per heavy atom. The summed E-state index contributed by atoms with van der Waals surface area (Å²) in [5, 5.41) is 12.8. The van der Waals surface area contributed by atoms with Crippen molar-refractivity contribution in [2.75, 3.05) is 25.0 Å². The van der Waals surface area contributed by atoms with Crippen LogP contribution in [0.15, 0.2) is 24.3 Å². The third-order valence-corrected chi connectivity index (χ3v) is 4.59. The van der Waals surface area contributed by atoms with E-state index < -0.39 is 0 Å². The molecule has 5 nitrogen and oxygen atoms in total. The van der Waals surface area contributed by atoms with Gasteiger partial charge in [0, 0.05) is 24.8 Å². The average Bonchev–Trinajstić information content (AvgIpc) is 2.61. The molecular weight excluding hydrogens is 304 g/mol. The standard InChI is InChI=1S/C19H30N2O3/c1-3-5-18(4-2)24-14-19(23)21-12-10-16(11-13-21)20-15-6-8-17(22)9-7-15/h6-9,16,18,20,22H,3-5,10-14H2,1-2H3/t18-/m0/s1. The van der Waals surface area contributed by atoms with Crippen LogP contribution in [0.5, 0.6) is 5.75 Å². The third-order valence-electron chi connectivity index (χ3n) is 4.59. The smallest absolute Gasteiger partial charge is 0.248 e. The zero-order chi connectivity index (χ0) is 17.4. The van der Waals surface area contributed by atoms with Crippen LogP contribution in [0.25, 0.3) is 0 Å². The van der Waals surface area contributed by atoms with E-state index in [1.165, 1.54) is 0 Å². The van der Waals surface area contributed by atoms with Gasteiger partial charge < -0.3 is 20.1 Å². The molecule has 0 spiro atoms. The zero-order valence-electron chi connectivity index (χ0n) is 14.8. The number of amides is 1. The van der Waals surface area contributed by atoms with E-state index in [9.17, 15) is 9.90 Å². The molecule has 134 valence electrons. The van der Waals surface area contributed by atoms with Crippen molar-refractivity contribution in [2.45, 2.75) is 58.1 Å². The van der Waals surface area contributed by atoms with Crippen molar-refractivity contribution in [3.8, 4) is 5.75 Å². The number of carbonyl (C=O) groups is 1. The number of piperidine rings is 1. The molecule has 0 aliphatic carbocycles. The lowest BCUT2D eigenvalue weighted by Gasteiger charge is -2.33. The van der Waals surface area contributed by atoms with Crippen molar-refractivity contribution < 1.29 is 14.6 Å². The fourth-order valence-electron chi connectivity index (χ4n) is 3.07. The largest absolute Gasteiger partial charge is 0.508 e. The quantitative estimate of drug-likeness (QED) is 0.715. The van der Waals surface area contributed by atoms with E-state index in [2.05, 4.69) is 19.2 Å². The molecule has 1 saturated heterocycles. The Hall–Kier alpha value is -1.75. The molecular formula is C19H30N2O3. The first-order valence-corrected chi connectivity index (χ1v) is 9.07. The summed E-state index contributed by atoms with van der Waals surface area (Å²) in [6.07, 6.45) is 5.12. The van der Waals surface area contributed by atoms with Crippen molar-refractivity contribution in [2.24, 2.45) is 0 Å². The molecule has 0 bridgehead atoms. The predicted octanol–water partition coefficient (Wildman–Crippen LogP) is 3.39. The summed E-state index contributed by atoms with van der Waals surface area (Å²) in [7, 11) is 0. The molecule has 1 aliphatic rings. The van der Waals surface area contributed by atoms with Gasteiger partial charge in [-0.25, -0.2) is 0 Å². The zero-order valence-corrected chi connectivity index (χ0v) is 14.8. The molecule has 0 saturated carbocycles. The Kier molecular flexibility index (Phi) is 7.37. The van der Waals surface area contributed by atoms with Crippen molar-refractivity contribution in [1.82, 2.24) is 4.90 Å². The number of hydrogen-bond donors (Lipinski definition) is 2. The molecule has 24 heavy (non-hydrogen) atoms. The summed E-state index contributed by atoms with van der Waals surface area (Å²) >= 11 is 0. The fraction of sp³-hybridized carbons (Fsp3) is 0.632. The van der Waals surface area contributed by atoms with E-state index in [0.29, 0.717) is 6.04 Å². The van der Waals surface area contributed by atoms with Gasteiger partial charge in [0.1, 0.15) is 12.4 Å². The SMILES string of the molecule is CCC[C@H](CC)OCC(=O)N1CCC(Nc2ccc(O)cc2)CC1. The van der Waals surface area contributed by atoms with Gasteiger partial charge in [-0.15, -0.1) is 0 Å². The van der Waals surface area contributed by atoms with Crippen molar-refractivity contribution >= 4 is 11.6 Å². The minimum absolute atomic E-state index is 0.104. The minimum atomic E-state index is 0.104. The Morgan fingerprint density at radius 1 is 1.29 bits per heavy atom. The Labute approximate surface area is 145 Å². The lowest BCUT2D eigenvalue weighted by molar-refractivity contribution is -0.139. The highest BCUT2D eigenvalue weighted by atomic mass is 16.5. The number of nitrogens with one attached hydrogen (secondary N) is 1. The number of ether oxygens (including phenoxy) is 1. The van der Waals surface area contributed by atoms with Gasteiger partial charge in [0.25, 0.3) is 0 Å². The van der Waals surface area contributed by atoms with E-state index in [-0.39, 0.29) is 24.4 Å². The average molecular weight is 334 g/mol. The molecule has 1 atom stereocenters. The number of phenols is 1. The molecule has 2 rings (SSSR count). The summed E-state index contributed by atoms with van der Waals surface area (Å²) in [5.41, 5.74) is 1.01. The van der Waals surface area contributed by atoms with Crippen molar-refractivity contribution in [3.63, 3.8) is 0 Å². The molecule has 1 aliphatic heterocycles. The topological polar surface area (TPSA) is 61.8 Å². The highest BCUT2D eigenvalue weighted by Crippen LogP contribution is 2.19. The Morgan fingerprint density at radius 2 is 1.96 bits per heavy atom. The number of likely N-dealkylation sites (tertiary alicyclic amines) is 1. The fourth-order valence-corrected chi connectivity index (χ4v) is 3.07. The molecule has 0 aromatic heterocycles. The van der Waals surface area contributed by atoms with Gasteiger partial charge >= 0.3 is 0 Å². The first-order valence-electron chi connectivity index (χ1n) is 9.07. The minimum Gasteiger partial charge on any atom is -0.508 e. The van der Waals surface area contributed by atoms with Gasteiger partial charge in [0.05, 0.1) is 6.10 Å². The van der Waals surface area contributed by atoms with E-state index in [4.69, 9.17) is 4.74 Å². The predicted molar refractivity (Wildman–Crippen MR) is 96.3 cm³/mol. The molecule has 1 aromatic rings. The molecule has 2 N–H and O–H groups in total. The number of anilines is 1. The summed E-state index contributed by atoms with van der Waals surface area (Å²) in [6, 6.07) is 7.47. The molecule has 1 heterocycles. The number of aromatic hydroxyl groups is 1. The first kappa shape index (κ1) is 18.6. The summed E-state index contributed by atoms with van der Waals surface area (Å²) in [4.78, 5) is 14.2. The van der Waals surface area contributed by atoms with Gasteiger partial charge in [-0.05, 0) is 49.9 Å². The van der Waals surface area contributed by atoms with Crippen LogP contribution in [-0.2, 0) is 9.53 Å². The Bertz CT molecular complexity index is 496. The van der Waals surface area contributed by atoms with Crippen molar-refractivity contribution in [1.29, 1.82) is 0 Å². The molecule has 0 radical (unpaired) electrons. The molecule has 0 unspecified atom stereocenters. The number of carbonyl (C=O) groups excluding carboxylic acids is 1. The van der Waals surface area contributed by atoms with Gasteiger partial charge in [-0.3, -0.25) is 4.79 Å². The second kappa shape index (κ2) is 9.52. The highest BCUT2D eigenvalue weighted by molar-refractivity contribution is 5.77. The molecule has 5 heteroatoms. The molecule has 1 amide bonds. The van der Waals surface area contributed by atoms with Crippen LogP contribution < -0.4 is 5.32 Å². The lowest BCUT2D eigenvalue weighted by Crippen LogP contribution is -2.44. The van der Waals surface area contributed by atoms with Crippen molar-refractivity contribution in [3.05, 3.63) is 24.3 Å². The normalized spacial score (nSPS) is 16.8. The van der Waals surface area contributed by atoms with Crippen LogP contribution in [0.2, 0.25) is 0 Å². The number of nitrogens with zero attached hydrogens (tertiary/aromatic N) is 1. The monoisotopic (exact) mass is 334 g/mol. The number of hydrogen-bond acceptors (Lipinski definition) is 4. The van der Waals surface area contributed by atoms with Crippen LogP contribution in [0.1, 0.15) is 46.0 Å². The molecule has 1 fully saturated rings. The van der Waals surface area contributed by atoms with E-state index >= 15 is 0 Å². The van der Waals surface area contributed by atoms with E-state index in [0.717, 1.165) is 50.9 Å². The third kappa shape index (κ3) is 5.71. The number of rotatable bonds is 8. The van der Waals surface area contributed by atoms with Gasteiger partial charge in [0.15, 0.2) is 0 Å². The second-order valence-corrected chi connectivity index (χ2v) is 6.48. The summed E-state index contributed by atoms with van der Waals surface area (Å²) < 4.78 is 5.75. The highest BCUT2D eigenvalue weighted by Gasteiger charge is 2.23. The maximum atomic E-state index is 12.3. The van der Waals surface area contributed by atoms with E-state index in [1.807, 2.05) is 17.0 Å². The Balaban J connectivity index is 1.71. The lowest BCUT2D eigenvalue weighted by atomic mass is 10.0. The van der Waals surface area contributed by atoms with Crippen LogP contribution in [-0.4, -0.2) is 47.8 Å². The summed E-state index contributed by atoms with van der Waals surface area (Å²) in [5.74, 6) is 0.377. The van der Waals surface area contributed by atoms with Gasteiger partial charge in [-0.2, -0.15) is 0 Å². The maximum Gasteiger partial charge on any atom is 0.248 e. The second-order valence-electron chi connectivity index (χ2n) is 6.48. The van der Waals surface area contributed by atoms with Crippen LogP contribution in [0.3, 0.4) is 0 Å². The van der Waals surface area contributed by atoms with Crippen LogP contribution >= 0.6 is 0 Å². The number of phenolic OH excluding ortho intramolecular Hbond substituents is 1. The van der Waals surface area contributed by atoms with Gasteiger partial charge in [0.2, 0.25) is 5.91 Å².